The fraction of sp³-hybridized carbons (Fsp3) is 0.364. The molecule has 0 aliphatic rings. The van der Waals surface area contributed by atoms with Crippen LogP contribution in [0.2, 0.25) is 10.0 Å². The third-order valence-electron chi connectivity index (χ3n) is 4.29. The Kier molecular flexibility index (Phi) is 9.81. The predicted molar refractivity (Wildman–Crippen MR) is 118 cm³/mol. The summed E-state index contributed by atoms with van der Waals surface area (Å²) in [6.07, 6.45) is 6.20. The number of anilines is 1. The van der Waals surface area contributed by atoms with Crippen molar-refractivity contribution in [2.45, 2.75) is 45.4 Å². The molecular formula is C22H26Cl2N2O3. The maximum atomic E-state index is 12.6. The van der Waals surface area contributed by atoms with Gasteiger partial charge in [0.05, 0.1) is 5.56 Å². The number of halogens is 2. The number of ether oxygens (including phenoxy) is 1. The molecule has 2 aromatic rings. The van der Waals surface area contributed by atoms with E-state index in [0.717, 1.165) is 19.3 Å². The molecule has 0 aliphatic carbocycles. The van der Waals surface area contributed by atoms with Crippen molar-refractivity contribution in [3.63, 3.8) is 0 Å². The van der Waals surface area contributed by atoms with Gasteiger partial charge in [0.2, 0.25) is 0 Å². The van der Waals surface area contributed by atoms with Crippen molar-refractivity contribution in [2.24, 2.45) is 0 Å². The van der Waals surface area contributed by atoms with Crippen molar-refractivity contribution in [3.05, 3.63) is 58.1 Å². The van der Waals surface area contributed by atoms with Crippen molar-refractivity contribution < 1.29 is 14.3 Å². The van der Waals surface area contributed by atoms with E-state index in [2.05, 4.69) is 17.6 Å². The lowest BCUT2D eigenvalue weighted by molar-refractivity contribution is 0.102. The van der Waals surface area contributed by atoms with Crippen LogP contribution in [0.4, 0.5) is 10.5 Å². The van der Waals surface area contributed by atoms with E-state index in [1.807, 2.05) is 0 Å². The second-order valence-electron chi connectivity index (χ2n) is 6.69. The molecular weight excluding hydrogens is 411 g/mol. The Morgan fingerprint density at radius 1 is 0.897 bits per heavy atom. The van der Waals surface area contributed by atoms with Gasteiger partial charge in [0.1, 0.15) is 5.75 Å². The number of unbranched alkanes of at least 4 members (excludes halogenated alkanes) is 5. The Bertz CT molecular complexity index is 810. The van der Waals surface area contributed by atoms with E-state index >= 15 is 0 Å². The first-order valence-electron chi connectivity index (χ1n) is 9.81. The molecule has 2 N–H and O–H groups in total. The summed E-state index contributed by atoms with van der Waals surface area (Å²) in [6.45, 7) is 2.71. The first kappa shape index (κ1) is 23.0. The molecule has 0 heterocycles. The highest BCUT2D eigenvalue weighted by molar-refractivity contribution is 6.31. The number of hydrogen-bond donors (Lipinski definition) is 2. The summed E-state index contributed by atoms with van der Waals surface area (Å²) in [5, 5.41) is 6.39. The van der Waals surface area contributed by atoms with Crippen LogP contribution >= 0.6 is 23.2 Å². The molecule has 0 aliphatic heterocycles. The van der Waals surface area contributed by atoms with E-state index in [-0.39, 0.29) is 11.3 Å². The minimum atomic E-state index is -0.596. The van der Waals surface area contributed by atoms with Gasteiger partial charge in [0.25, 0.3) is 5.91 Å². The standard InChI is InChI=1S/C22H26Cl2N2O3/c1-2-3-4-5-6-7-14-25-22(28)29-20-13-10-17(24)15-19(20)21(27)26-18-11-8-16(23)9-12-18/h8-13,15H,2-7,14H2,1H3,(H,25,28)(H,26,27). The molecule has 29 heavy (non-hydrogen) atoms. The van der Waals surface area contributed by atoms with Crippen molar-refractivity contribution in [1.82, 2.24) is 5.32 Å². The maximum Gasteiger partial charge on any atom is 0.412 e. The monoisotopic (exact) mass is 436 g/mol. The van der Waals surface area contributed by atoms with E-state index in [0.29, 0.717) is 22.3 Å². The third kappa shape index (κ3) is 8.34. The second-order valence-corrected chi connectivity index (χ2v) is 7.56. The summed E-state index contributed by atoms with van der Waals surface area (Å²) in [5.41, 5.74) is 0.736. The molecule has 0 fully saturated rings. The molecule has 7 heteroatoms. The summed E-state index contributed by atoms with van der Waals surface area (Å²) in [7, 11) is 0. The summed E-state index contributed by atoms with van der Waals surface area (Å²) < 4.78 is 5.33. The highest BCUT2D eigenvalue weighted by Gasteiger charge is 2.16. The van der Waals surface area contributed by atoms with Gasteiger partial charge in [-0.3, -0.25) is 4.79 Å². The van der Waals surface area contributed by atoms with Crippen molar-refractivity contribution >= 4 is 40.9 Å². The molecule has 0 radical (unpaired) electrons. The highest BCUT2D eigenvalue weighted by Crippen LogP contribution is 2.24. The van der Waals surface area contributed by atoms with Crippen molar-refractivity contribution in [1.29, 1.82) is 0 Å². The fourth-order valence-electron chi connectivity index (χ4n) is 2.73. The average molecular weight is 437 g/mol. The number of rotatable bonds is 10. The van der Waals surface area contributed by atoms with E-state index in [1.165, 1.54) is 31.4 Å². The quantitative estimate of drug-likeness (QED) is 0.407. The molecule has 0 unspecified atom stereocenters. The van der Waals surface area contributed by atoms with Gasteiger partial charge in [-0.25, -0.2) is 4.79 Å². The fourth-order valence-corrected chi connectivity index (χ4v) is 3.03. The topological polar surface area (TPSA) is 67.4 Å². The van der Waals surface area contributed by atoms with Crippen LogP contribution in [0.5, 0.6) is 5.75 Å². The first-order valence-corrected chi connectivity index (χ1v) is 10.6. The number of amides is 2. The van der Waals surface area contributed by atoms with E-state index in [1.54, 1.807) is 30.3 Å². The molecule has 0 atom stereocenters. The first-order chi connectivity index (χ1) is 14.0. The van der Waals surface area contributed by atoms with Crippen LogP contribution in [0.15, 0.2) is 42.5 Å². The van der Waals surface area contributed by atoms with Gasteiger partial charge < -0.3 is 15.4 Å². The number of nitrogens with one attached hydrogen (secondary N) is 2. The summed E-state index contributed by atoms with van der Waals surface area (Å²) >= 11 is 11.9. The van der Waals surface area contributed by atoms with Crippen molar-refractivity contribution in [3.8, 4) is 5.75 Å². The lowest BCUT2D eigenvalue weighted by Crippen LogP contribution is -2.28. The smallest absolute Gasteiger partial charge is 0.409 e. The molecule has 0 spiro atoms. The zero-order valence-electron chi connectivity index (χ0n) is 16.5. The Morgan fingerprint density at radius 2 is 1.55 bits per heavy atom. The lowest BCUT2D eigenvalue weighted by Gasteiger charge is -2.12. The van der Waals surface area contributed by atoms with Crippen LogP contribution in [-0.2, 0) is 0 Å². The Balaban J connectivity index is 1.91. The SMILES string of the molecule is CCCCCCCCNC(=O)Oc1ccc(Cl)cc1C(=O)Nc1ccc(Cl)cc1. The second kappa shape index (κ2) is 12.3. The van der Waals surface area contributed by atoms with Crippen LogP contribution in [0.1, 0.15) is 55.8 Å². The molecule has 156 valence electrons. The summed E-state index contributed by atoms with van der Waals surface area (Å²) in [4.78, 5) is 24.7. The molecule has 2 rings (SSSR count). The summed E-state index contributed by atoms with van der Waals surface area (Å²) in [6, 6.07) is 11.2. The molecule has 0 saturated carbocycles. The molecule has 2 amide bonds. The van der Waals surface area contributed by atoms with Gasteiger partial charge >= 0.3 is 6.09 Å². The van der Waals surface area contributed by atoms with E-state index < -0.39 is 12.0 Å². The van der Waals surface area contributed by atoms with Gasteiger partial charge in [0, 0.05) is 22.3 Å². The third-order valence-corrected chi connectivity index (χ3v) is 4.78. The zero-order valence-corrected chi connectivity index (χ0v) is 18.0. The van der Waals surface area contributed by atoms with Gasteiger partial charge in [-0.15, -0.1) is 0 Å². The largest absolute Gasteiger partial charge is 0.412 e. The number of carbonyl (C=O) groups is 2. The number of hydrogen-bond acceptors (Lipinski definition) is 3. The van der Waals surface area contributed by atoms with Crippen LogP contribution < -0.4 is 15.4 Å². The van der Waals surface area contributed by atoms with Crippen LogP contribution in [-0.4, -0.2) is 18.5 Å². The maximum absolute atomic E-state index is 12.6. The van der Waals surface area contributed by atoms with E-state index in [4.69, 9.17) is 27.9 Å². The normalized spacial score (nSPS) is 10.4. The molecule has 2 aromatic carbocycles. The Labute approximate surface area is 181 Å². The minimum Gasteiger partial charge on any atom is -0.409 e. The lowest BCUT2D eigenvalue weighted by atomic mass is 10.1. The highest BCUT2D eigenvalue weighted by atomic mass is 35.5. The van der Waals surface area contributed by atoms with Crippen LogP contribution in [0.25, 0.3) is 0 Å². The van der Waals surface area contributed by atoms with Gasteiger partial charge in [0.15, 0.2) is 0 Å². The van der Waals surface area contributed by atoms with Crippen LogP contribution in [0.3, 0.4) is 0 Å². The summed E-state index contributed by atoms with van der Waals surface area (Å²) in [5.74, 6) is -0.296. The predicted octanol–water partition coefficient (Wildman–Crippen LogP) is 6.69. The Morgan fingerprint density at radius 3 is 2.28 bits per heavy atom. The Hall–Kier alpha value is -2.24. The zero-order chi connectivity index (χ0) is 21.1. The van der Waals surface area contributed by atoms with Gasteiger partial charge in [-0.05, 0) is 48.9 Å². The average Bonchev–Trinajstić information content (AvgIpc) is 2.70. The van der Waals surface area contributed by atoms with Gasteiger partial charge in [-0.1, -0.05) is 62.2 Å². The minimum absolute atomic E-state index is 0.140. The molecule has 5 nitrogen and oxygen atoms in total. The van der Waals surface area contributed by atoms with Gasteiger partial charge in [-0.2, -0.15) is 0 Å². The van der Waals surface area contributed by atoms with E-state index in [9.17, 15) is 9.59 Å². The molecule has 0 saturated heterocycles. The number of carbonyl (C=O) groups excluding carboxylic acids is 2. The van der Waals surface area contributed by atoms with Crippen molar-refractivity contribution in [2.75, 3.05) is 11.9 Å². The molecule has 0 bridgehead atoms. The molecule has 0 aromatic heterocycles. The number of benzene rings is 2. The van der Waals surface area contributed by atoms with Crippen LogP contribution in [0, 0.1) is 0 Å².